The zero-order valence-corrected chi connectivity index (χ0v) is 10.4. The predicted molar refractivity (Wildman–Crippen MR) is 73.6 cm³/mol. The van der Waals surface area contributed by atoms with E-state index in [9.17, 15) is 4.79 Å². The molecular weight excluding hydrogens is 240 g/mol. The maximum Gasteiger partial charge on any atom is 0.185 e. The number of carbonyl (C=O) groups excluding carboxylic acids is 1. The molecule has 0 bridgehead atoms. The van der Waals surface area contributed by atoms with E-state index in [0.29, 0.717) is 12.0 Å². The first-order valence-electron chi connectivity index (χ1n) is 5.93. The Bertz CT molecular complexity index is 723. The Morgan fingerprint density at radius 3 is 2.42 bits per heavy atom. The molecule has 1 heterocycles. The van der Waals surface area contributed by atoms with Crippen molar-refractivity contribution in [3.8, 4) is 16.9 Å². The van der Waals surface area contributed by atoms with Gasteiger partial charge in [-0.2, -0.15) is 0 Å². The summed E-state index contributed by atoms with van der Waals surface area (Å²) in [6.07, 6.45) is 0.715. The minimum atomic E-state index is 0.349. The number of aldehydes is 1. The highest BCUT2D eigenvalue weighted by Crippen LogP contribution is 2.27. The Labute approximate surface area is 110 Å². The van der Waals surface area contributed by atoms with Gasteiger partial charge in [0.15, 0.2) is 12.0 Å². The Morgan fingerprint density at radius 2 is 1.74 bits per heavy atom. The van der Waals surface area contributed by atoms with Crippen molar-refractivity contribution < 1.29 is 13.9 Å². The van der Waals surface area contributed by atoms with Crippen LogP contribution in [0.3, 0.4) is 0 Å². The molecule has 0 aliphatic rings. The van der Waals surface area contributed by atoms with E-state index in [1.54, 1.807) is 13.2 Å². The number of furan rings is 1. The van der Waals surface area contributed by atoms with E-state index < -0.39 is 0 Å². The molecular formula is C16H12O3. The molecule has 19 heavy (non-hydrogen) atoms. The van der Waals surface area contributed by atoms with Crippen LogP contribution in [-0.2, 0) is 0 Å². The summed E-state index contributed by atoms with van der Waals surface area (Å²) in [5, 5.41) is 0.930. The topological polar surface area (TPSA) is 39.4 Å². The third kappa shape index (κ3) is 2.10. The summed E-state index contributed by atoms with van der Waals surface area (Å²) < 4.78 is 10.6. The van der Waals surface area contributed by atoms with Gasteiger partial charge in [0.1, 0.15) is 11.3 Å². The average molecular weight is 252 g/mol. The maximum absolute atomic E-state index is 10.7. The number of hydrogen-bond donors (Lipinski definition) is 0. The third-order valence-corrected chi connectivity index (χ3v) is 3.08. The molecule has 0 saturated carbocycles. The second kappa shape index (κ2) is 4.61. The summed E-state index contributed by atoms with van der Waals surface area (Å²) >= 11 is 0. The molecule has 0 aliphatic carbocycles. The van der Waals surface area contributed by atoms with Gasteiger partial charge in [-0.15, -0.1) is 0 Å². The second-order valence-corrected chi connectivity index (χ2v) is 4.25. The molecule has 3 nitrogen and oxygen atoms in total. The fraction of sp³-hybridized carbons (Fsp3) is 0.0625. The van der Waals surface area contributed by atoms with Gasteiger partial charge in [0.2, 0.25) is 0 Å². The van der Waals surface area contributed by atoms with E-state index in [1.165, 1.54) is 0 Å². The van der Waals surface area contributed by atoms with Gasteiger partial charge in [0.25, 0.3) is 0 Å². The fourth-order valence-corrected chi connectivity index (χ4v) is 2.07. The Balaban J connectivity index is 2.05. The van der Waals surface area contributed by atoms with E-state index in [-0.39, 0.29) is 0 Å². The van der Waals surface area contributed by atoms with Gasteiger partial charge in [-0.25, -0.2) is 0 Å². The molecule has 1 aromatic heterocycles. The number of ether oxygens (including phenoxy) is 1. The van der Waals surface area contributed by atoms with Crippen molar-refractivity contribution in [3.05, 3.63) is 54.3 Å². The molecule has 2 aromatic carbocycles. The van der Waals surface area contributed by atoms with Crippen LogP contribution in [0.5, 0.6) is 5.75 Å². The lowest BCUT2D eigenvalue weighted by Crippen LogP contribution is -1.82. The van der Waals surface area contributed by atoms with Gasteiger partial charge in [-0.05, 0) is 35.4 Å². The lowest BCUT2D eigenvalue weighted by molar-refractivity contribution is 0.110. The number of methoxy groups -OCH3 is 1. The van der Waals surface area contributed by atoms with Crippen LogP contribution in [0.15, 0.2) is 52.9 Å². The molecule has 3 aromatic rings. The highest BCUT2D eigenvalue weighted by molar-refractivity contribution is 5.88. The largest absolute Gasteiger partial charge is 0.497 e. The van der Waals surface area contributed by atoms with E-state index >= 15 is 0 Å². The second-order valence-electron chi connectivity index (χ2n) is 4.25. The highest BCUT2D eigenvalue weighted by atomic mass is 16.5. The SMILES string of the molecule is COc1ccc(-c2ccc3cc(C=O)oc3c2)cc1. The van der Waals surface area contributed by atoms with Gasteiger partial charge in [-0.3, -0.25) is 4.79 Å². The van der Waals surface area contributed by atoms with E-state index in [1.807, 2.05) is 42.5 Å². The molecule has 0 spiro atoms. The molecule has 94 valence electrons. The summed E-state index contributed by atoms with van der Waals surface area (Å²) in [4.78, 5) is 10.7. The molecule has 0 unspecified atom stereocenters. The minimum absolute atomic E-state index is 0.349. The summed E-state index contributed by atoms with van der Waals surface area (Å²) in [6, 6.07) is 15.4. The van der Waals surface area contributed by atoms with Crippen LogP contribution in [0, 0.1) is 0 Å². The molecule has 0 atom stereocenters. The first-order valence-corrected chi connectivity index (χ1v) is 5.93. The van der Waals surface area contributed by atoms with Crippen LogP contribution in [0.25, 0.3) is 22.1 Å². The van der Waals surface area contributed by atoms with Crippen LogP contribution < -0.4 is 4.74 Å². The van der Waals surface area contributed by atoms with Crippen molar-refractivity contribution in [2.75, 3.05) is 7.11 Å². The third-order valence-electron chi connectivity index (χ3n) is 3.08. The zero-order valence-electron chi connectivity index (χ0n) is 10.4. The molecule has 0 fully saturated rings. The lowest BCUT2D eigenvalue weighted by Gasteiger charge is -2.03. The molecule has 3 heteroatoms. The van der Waals surface area contributed by atoms with E-state index in [0.717, 1.165) is 27.8 Å². The van der Waals surface area contributed by atoms with Crippen LogP contribution in [0.2, 0.25) is 0 Å². The van der Waals surface area contributed by atoms with Crippen molar-refractivity contribution >= 4 is 17.3 Å². The maximum atomic E-state index is 10.7. The smallest absolute Gasteiger partial charge is 0.185 e. The van der Waals surface area contributed by atoms with Crippen LogP contribution in [0.1, 0.15) is 10.6 Å². The van der Waals surface area contributed by atoms with Crippen LogP contribution in [-0.4, -0.2) is 13.4 Å². The molecule has 0 N–H and O–H groups in total. The summed E-state index contributed by atoms with van der Waals surface area (Å²) in [5.74, 6) is 1.17. The fourth-order valence-electron chi connectivity index (χ4n) is 2.07. The Kier molecular flexibility index (Phi) is 2.80. The van der Waals surface area contributed by atoms with Gasteiger partial charge >= 0.3 is 0 Å². The normalized spacial score (nSPS) is 10.6. The zero-order chi connectivity index (χ0) is 13.2. The quantitative estimate of drug-likeness (QED) is 0.663. The van der Waals surface area contributed by atoms with Crippen LogP contribution >= 0.6 is 0 Å². The highest BCUT2D eigenvalue weighted by Gasteiger charge is 2.05. The van der Waals surface area contributed by atoms with E-state index in [4.69, 9.17) is 9.15 Å². The minimum Gasteiger partial charge on any atom is -0.497 e. The number of rotatable bonds is 3. The van der Waals surface area contributed by atoms with Gasteiger partial charge < -0.3 is 9.15 Å². The van der Waals surface area contributed by atoms with Crippen molar-refractivity contribution in [2.45, 2.75) is 0 Å². The molecule has 0 amide bonds. The van der Waals surface area contributed by atoms with Gasteiger partial charge in [0.05, 0.1) is 7.11 Å². The monoisotopic (exact) mass is 252 g/mol. The molecule has 0 saturated heterocycles. The Hall–Kier alpha value is -2.55. The van der Waals surface area contributed by atoms with Gasteiger partial charge in [-0.1, -0.05) is 24.3 Å². The standard InChI is InChI=1S/C16H12O3/c1-18-14-6-4-11(5-7-14)12-2-3-13-8-15(10-17)19-16(13)9-12/h2-10H,1H3. The van der Waals surface area contributed by atoms with Crippen molar-refractivity contribution in [3.63, 3.8) is 0 Å². The van der Waals surface area contributed by atoms with Crippen molar-refractivity contribution in [2.24, 2.45) is 0 Å². The number of fused-ring (bicyclic) bond motifs is 1. The first-order chi connectivity index (χ1) is 9.30. The van der Waals surface area contributed by atoms with Crippen molar-refractivity contribution in [1.82, 2.24) is 0 Å². The summed E-state index contributed by atoms with van der Waals surface area (Å²) in [7, 11) is 1.64. The number of carbonyl (C=O) groups is 1. The van der Waals surface area contributed by atoms with Gasteiger partial charge in [0, 0.05) is 5.39 Å². The average Bonchev–Trinajstić information content (AvgIpc) is 2.89. The van der Waals surface area contributed by atoms with Crippen LogP contribution in [0.4, 0.5) is 0 Å². The van der Waals surface area contributed by atoms with E-state index in [2.05, 4.69) is 0 Å². The Morgan fingerprint density at radius 1 is 1.00 bits per heavy atom. The first kappa shape index (κ1) is 11.5. The predicted octanol–water partition coefficient (Wildman–Crippen LogP) is 3.92. The molecule has 0 aliphatic heterocycles. The summed E-state index contributed by atoms with van der Waals surface area (Å²) in [5.41, 5.74) is 2.84. The molecule has 0 radical (unpaired) electrons. The lowest BCUT2D eigenvalue weighted by atomic mass is 10.0. The molecule has 3 rings (SSSR count). The number of hydrogen-bond acceptors (Lipinski definition) is 3. The summed E-state index contributed by atoms with van der Waals surface area (Å²) in [6.45, 7) is 0. The van der Waals surface area contributed by atoms with Crippen molar-refractivity contribution in [1.29, 1.82) is 0 Å². The number of benzene rings is 2.